The van der Waals surface area contributed by atoms with Crippen molar-refractivity contribution < 1.29 is 29.3 Å². The third-order valence-electron chi connectivity index (χ3n) is 6.40. The number of rotatable bonds is 10. The van der Waals surface area contributed by atoms with E-state index in [9.17, 15) is 24.6 Å². The molecule has 1 heterocycles. The lowest BCUT2D eigenvalue weighted by Crippen LogP contribution is -2.57. The number of aliphatic hydroxyl groups excluding tert-OH is 1. The number of esters is 1. The number of amides is 1. The van der Waals surface area contributed by atoms with Crippen LogP contribution in [0.2, 0.25) is 0 Å². The summed E-state index contributed by atoms with van der Waals surface area (Å²) < 4.78 is 5.17. The van der Waals surface area contributed by atoms with Crippen LogP contribution in [0.5, 0.6) is 0 Å². The predicted molar refractivity (Wildman–Crippen MR) is 113 cm³/mol. The summed E-state index contributed by atoms with van der Waals surface area (Å²) in [5.41, 5.74) is 1.05. The number of carboxylic acids is 1. The second-order valence-corrected chi connectivity index (χ2v) is 8.32. The van der Waals surface area contributed by atoms with E-state index in [-0.39, 0.29) is 18.6 Å². The average Bonchev–Trinajstić information content (AvgIpc) is 3.35. The van der Waals surface area contributed by atoms with Crippen LogP contribution in [0.4, 0.5) is 0 Å². The van der Waals surface area contributed by atoms with E-state index in [4.69, 9.17) is 4.74 Å². The second-order valence-electron chi connectivity index (χ2n) is 8.32. The first-order valence-electron chi connectivity index (χ1n) is 11.1. The van der Waals surface area contributed by atoms with Gasteiger partial charge in [-0.25, -0.2) is 4.79 Å². The maximum absolute atomic E-state index is 13.3. The second kappa shape index (κ2) is 10.7. The molecule has 170 valence electrons. The first-order chi connectivity index (χ1) is 15.0. The van der Waals surface area contributed by atoms with Crippen molar-refractivity contribution in [2.24, 2.45) is 5.92 Å². The summed E-state index contributed by atoms with van der Waals surface area (Å²) in [7, 11) is 0. The summed E-state index contributed by atoms with van der Waals surface area (Å²) in [4.78, 5) is 39.1. The third kappa shape index (κ3) is 5.43. The van der Waals surface area contributed by atoms with Gasteiger partial charge in [0.1, 0.15) is 18.1 Å². The number of benzene rings is 1. The van der Waals surface area contributed by atoms with Crippen molar-refractivity contribution in [3.8, 4) is 0 Å². The number of aliphatic hydroxyl groups is 1. The molecule has 0 radical (unpaired) electrons. The highest BCUT2D eigenvalue weighted by atomic mass is 16.5. The Morgan fingerprint density at radius 2 is 1.94 bits per heavy atom. The van der Waals surface area contributed by atoms with Gasteiger partial charge in [-0.15, -0.1) is 0 Å². The molecule has 0 bridgehead atoms. The van der Waals surface area contributed by atoms with Gasteiger partial charge in [-0.2, -0.15) is 0 Å². The molecule has 0 unspecified atom stereocenters. The van der Waals surface area contributed by atoms with Crippen molar-refractivity contribution >= 4 is 17.8 Å². The monoisotopic (exact) mass is 432 g/mol. The Kier molecular flexibility index (Phi) is 8.03. The molecular weight excluding hydrogens is 400 g/mol. The molecule has 1 aromatic rings. The molecule has 31 heavy (non-hydrogen) atoms. The number of carbonyl (C=O) groups excluding carboxylic acids is 2. The predicted octanol–water partition coefficient (Wildman–Crippen LogP) is 1.36. The Labute approximate surface area is 182 Å². The zero-order chi connectivity index (χ0) is 22.4. The number of ether oxygens (including phenoxy) is 1. The van der Waals surface area contributed by atoms with Gasteiger partial charge in [0.2, 0.25) is 5.91 Å². The number of aryl methyl sites for hydroxylation is 1. The number of hydrogen-bond donors (Lipinski definition) is 3. The minimum absolute atomic E-state index is 0.116. The first-order valence-corrected chi connectivity index (χ1v) is 11.1. The fourth-order valence-corrected chi connectivity index (χ4v) is 4.92. The largest absolute Gasteiger partial charge is 0.480 e. The van der Waals surface area contributed by atoms with Gasteiger partial charge >= 0.3 is 11.9 Å². The number of carbonyl (C=O) groups is 3. The van der Waals surface area contributed by atoms with E-state index in [1.54, 1.807) is 6.92 Å². The number of aliphatic carboxylic acids is 1. The minimum Gasteiger partial charge on any atom is -0.480 e. The first kappa shape index (κ1) is 23.2. The molecule has 0 spiro atoms. The van der Waals surface area contributed by atoms with Crippen LogP contribution in [0.3, 0.4) is 0 Å². The van der Waals surface area contributed by atoms with Crippen LogP contribution in [0, 0.1) is 5.92 Å². The zero-order valence-electron chi connectivity index (χ0n) is 17.9. The van der Waals surface area contributed by atoms with E-state index in [1.807, 2.05) is 30.3 Å². The van der Waals surface area contributed by atoms with Crippen LogP contribution in [0.15, 0.2) is 30.3 Å². The number of nitrogens with zero attached hydrogens (tertiary/aromatic N) is 1. The Morgan fingerprint density at radius 1 is 1.19 bits per heavy atom. The summed E-state index contributed by atoms with van der Waals surface area (Å²) in [6, 6.07) is 6.81. The van der Waals surface area contributed by atoms with Crippen molar-refractivity contribution in [1.82, 2.24) is 10.2 Å². The lowest BCUT2D eigenvalue weighted by Gasteiger charge is -2.32. The summed E-state index contributed by atoms with van der Waals surface area (Å²) >= 11 is 0. The molecular formula is C23H32N2O6. The normalized spacial score (nSPS) is 24.5. The number of likely N-dealkylation sites (tertiary alicyclic amines) is 1. The number of fused-ring (bicyclic) bond motifs is 1. The van der Waals surface area contributed by atoms with Crippen molar-refractivity contribution in [2.75, 3.05) is 13.2 Å². The molecule has 1 aromatic carbocycles. The Balaban J connectivity index is 1.73. The highest BCUT2D eigenvalue weighted by molar-refractivity contribution is 5.89. The van der Waals surface area contributed by atoms with E-state index in [2.05, 4.69) is 5.32 Å². The van der Waals surface area contributed by atoms with Crippen LogP contribution in [0.1, 0.15) is 44.6 Å². The van der Waals surface area contributed by atoms with E-state index in [1.165, 1.54) is 4.90 Å². The highest BCUT2D eigenvalue weighted by Gasteiger charge is 2.50. The van der Waals surface area contributed by atoms with E-state index < -0.39 is 42.6 Å². The van der Waals surface area contributed by atoms with Crippen molar-refractivity contribution in [3.63, 3.8) is 0 Å². The van der Waals surface area contributed by atoms with Gasteiger partial charge in [0.05, 0.1) is 13.2 Å². The molecule has 3 N–H and O–H groups in total. The average molecular weight is 433 g/mol. The van der Waals surface area contributed by atoms with E-state index in [0.29, 0.717) is 19.3 Å². The van der Waals surface area contributed by atoms with E-state index >= 15 is 0 Å². The quantitative estimate of drug-likeness (QED) is 0.478. The molecule has 8 heteroatoms. The fourth-order valence-electron chi connectivity index (χ4n) is 4.92. The maximum atomic E-state index is 13.3. The molecule has 1 aliphatic carbocycles. The van der Waals surface area contributed by atoms with Crippen molar-refractivity contribution in [3.05, 3.63) is 35.9 Å². The van der Waals surface area contributed by atoms with E-state index in [0.717, 1.165) is 24.8 Å². The Bertz CT molecular complexity index is 771. The smallest absolute Gasteiger partial charge is 0.326 e. The molecule has 1 aliphatic heterocycles. The topological polar surface area (TPSA) is 116 Å². The Hall–Kier alpha value is -2.45. The van der Waals surface area contributed by atoms with Crippen LogP contribution in [0.25, 0.3) is 0 Å². The molecule has 2 aliphatic rings. The molecule has 1 amide bonds. The third-order valence-corrected chi connectivity index (χ3v) is 6.40. The number of carboxylic acid groups (broad SMARTS) is 1. The summed E-state index contributed by atoms with van der Waals surface area (Å²) in [5.74, 6) is -1.79. The lowest BCUT2D eigenvalue weighted by atomic mass is 10.0. The summed E-state index contributed by atoms with van der Waals surface area (Å²) in [5, 5.41) is 22.6. The van der Waals surface area contributed by atoms with Crippen LogP contribution in [-0.2, 0) is 25.5 Å². The van der Waals surface area contributed by atoms with Gasteiger partial charge in [0.15, 0.2) is 0 Å². The van der Waals surface area contributed by atoms with Crippen LogP contribution in [-0.4, -0.2) is 70.3 Å². The van der Waals surface area contributed by atoms with Crippen molar-refractivity contribution in [2.45, 2.75) is 69.6 Å². The molecule has 2 fully saturated rings. The molecule has 1 saturated carbocycles. The van der Waals surface area contributed by atoms with Gasteiger partial charge in [-0.1, -0.05) is 36.8 Å². The van der Waals surface area contributed by atoms with Gasteiger partial charge in [0, 0.05) is 6.04 Å². The van der Waals surface area contributed by atoms with Gasteiger partial charge < -0.3 is 19.8 Å². The lowest BCUT2D eigenvalue weighted by molar-refractivity contribution is -0.152. The molecule has 0 aromatic heterocycles. The Morgan fingerprint density at radius 3 is 2.58 bits per heavy atom. The summed E-state index contributed by atoms with van der Waals surface area (Å²) in [6.07, 6.45) is 4.08. The molecule has 8 nitrogen and oxygen atoms in total. The number of nitrogens with one attached hydrogen (secondary N) is 1. The van der Waals surface area contributed by atoms with Gasteiger partial charge in [-0.05, 0) is 50.5 Å². The van der Waals surface area contributed by atoms with Gasteiger partial charge in [0.25, 0.3) is 0 Å². The minimum atomic E-state index is -1.06. The highest BCUT2D eigenvalue weighted by Crippen LogP contribution is 2.41. The van der Waals surface area contributed by atoms with Crippen molar-refractivity contribution in [1.29, 1.82) is 0 Å². The summed E-state index contributed by atoms with van der Waals surface area (Å²) in [6.45, 7) is 1.39. The van der Waals surface area contributed by atoms with Gasteiger partial charge in [-0.3, -0.25) is 14.9 Å². The molecule has 3 rings (SSSR count). The maximum Gasteiger partial charge on any atom is 0.326 e. The van der Waals surface area contributed by atoms with Crippen LogP contribution >= 0.6 is 0 Å². The fraction of sp³-hybridized carbons (Fsp3) is 0.609. The zero-order valence-corrected chi connectivity index (χ0v) is 17.9. The SMILES string of the molecule is CCOC(=O)[C@H](CCc1ccccc1)N[C@@H](CO)C(=O)N1[C@H](C(=O)O)C[C@@H]2CCC[C@@H]21. The standard InChI is InChI=1S/C23H32N2O6/c1-2-31-23(30)17(12-11-15-7-4-3-5-8-15)24-18(14-26)21(27)25-19-10-6-9-16(19)13-20(25)22(28)29/h3-5,7-8,16-20,24,26H,2,6,9-14H2,1H3,(H,28,29)/t16-,17-,18-,19-,20-/m0/s1. The number of hydrogen-bond acceptors (Lipinski definition) is 6. The molecule has 1 saturated heterocycles. The molecule has 5 atom stereocenters. The van der Waals surface area contributed by atoms with Crippen LogP contribution < -0.4 is 5.32 Å².